The van der Waals surface area contributed by atoms with Crippen LogP contribution in [0.25, 0.3) is 16.9 Å². The minimum absolute atomic E-state index is 0.201. The largest absolute Gasteiger partial charge is 0.495 e. The Kier molecular flexibility index (Phi) is 6.03. The second kappa shape index (κ2) is 9.05. The molecule has 0 aliphatic carbocycles. The molecule has 31 heavy (non-hydrogen) atoms. The molecular weight excluding hydrogens is 410 g/mol. The maximum absolute atomic E-state index is 5.87. The number of rotatable bonds is 7. The van der Waals surface area contributed by atoms with E-state index in [0.29, 0.717) is 17.5 Å². The van der Waals surface area contributed by atoms with Gasteiger partial charge in [0.2, 0.25) is 11.9 Å². The molecule has 4 aromatic rings. The molecule has 0 bridgehead atoms. The SMILES string of the molecule is COc1ccccc1-n1c(-c2ccccc2)cnc1SCc1nc(N)nc(N(C)C)n1. The summed E-state index contributed by atoms with van der Waals surface area (Å²) < 4.78 is 7.72. The highest BCUT2D eigenvalue weighted by Gasteiger charge is 2.18. The van der Waals surface area contributed by atoms with E-state index in [1.165, 1.54) is 11.8 Å². The second-order valence-corrected chi connectivity index (χ2v) is 7.83. The summed E-state index contributed by atoms with van der Waals surface area (Å²) in [5.41, 5.74) is 8.81. The minimum atomic E-state index is 0.201. The Morgan fingerprint density at radius 3 is 2.48 bits per heavy atom. The number of ether oxygens (including phenoxy) is 1. The quantitative estimate of drug-likeness (QED) is 0.441. The fourth-order valence-corrected chi connectivity index (χ4v) is 3.96. The van der Waals surface area contributed by atoms with Crippen LogP contribution in [0.5, 0.6) is 5.75 Å². The Morgan fingerprint density at radius 1 is 1.00 bits per heavy atom. The maximum atomic E-state index is 5.87. The van der Waals surface area contributed by atoms with Crippen LogP contribution in [-0.2, 0) is 5.75 Å². The fourth-order valence-electron chi connectivity index (χ4n) is 3.12. The highest BCUT2D eigenvalue weighted by Crippen LogP contribution is 2.34. The van der Waals surface area contributed by atoms with Crippen LogP contribution in [0, 0.1) is 0 Å². The van der Waals surface area contributed by atoms with E-state index in [-0.39, 0.29) is 5.95 Å². The van der Waals surface area contributed by atoms with Crippen molar-refractivity contribution in [2.75, 3.05) is 31.8 Å². The van der Waals surface area contributed by atoms with Crippen molar-refractivity contribution in [3.63, 3.8) is 0 Å². The van der Waals surface area contributed by atoms with Crippen molar-refractivity contribution in [1.29, 1.82) is 0 Å². The van der Waals surface area contributed by atoms with Crippen LogP contribution < -0.4 is 15.4 Å². The maximum Gasteiger partial charge on any atom is 0.229 e. The monoisotopic (exact) mass is 433 g/mol. The molecule has 0 aliphatic rings. The van der Waals surface area contributed by atoms with E-state index in [2.05, 4.69) is 31.7 Å². The van der Waals surface area contributed by atoms with Gasteiger partial charge in [-0.15, -0.1) is 0 Å². The molecular formula is C22H23N7OS. The third-order valence-corrected chi connectivity index (χ3v) is 5.49. The second-order valence-electron chi connectivity index (χ2n) is 6.89. The lowest BCUT2D eigenvalue weighted by Crippen LogP contribution is -2.16. The molecule has 9 heteroatoms. The standard InChI is InChI=1S/C22H23N7OS/c1-28(2)21-26-19(25-20(23)27-21)14-31-22-24-13-17(15-9-5-4-6-10-15)29(22)16-11-7-8-12-18(16)30-3/h4-13H,14H2,1-3H3,(H2,23,25,26,27). The van der Waals surface area contributed by atoms with Gasteiger partial charge >= 0.3 is 0 Å². The number of nitrogens with zero attached hydrogens (tertiary/aromatic N) is 6. The Hall–Kier alpha value is -3.59. The van der Waals surface area contributed by atoms with Crippen molar-refractivity contribution >= 4 is 23.7 Å². The number of benzene rings is 2. The average molecular weight is 434 g/mol. The van der Waals surface area contributed by atoms with Gasteiger partial charge in [-0.05, 0) is 12.1 Å². The summed E-state index contributed by atoms with van der Waals surface area (Å²) in [5.74, 6) is 2.58. The topological polar surface area (TPSA) is 95.0 Å². The van der Waals surface area contributed by atoms with Crippen LogP contribution in [0.15, 0.2) is 66.0 Å². The Morgan fingerprint density at radius 2 is 1.74 bits per heavy atom. The molecule has 0 saturated carbocycles. The van der Waals surface area contributed by atoms with E-state index >= 15 is 0 Å². The van der Waals surface area contributed by atoms with Crippen molar-refractivity contribution in [3.05, 3.63) is 66.6 Å². The molecule has 0 fully saturated rings. The van der Waals surface area contributed by atoms with Crippen molar-refractivity contribution in [1.82, 2.24) is 24.5 Å². The number of anilines is 2. The van der Waals surface area contributed by atoms with Crippen LogP contribution in [0.2, 0.25) is 0 Å². The van der Waals surface area contributed by atoms with Gasteiger partial charge in [0, 0.05) is 19.7 Å². The van der Waals surface area contributed by atoms with Crippen LogP contribution in [0.1, 0.15) is 5.82 Å². The molecule has 0 saturated heterocycles. The lowest BCUT2D eigenvalue weighted by atomic mass is 10.1. The molecule has 2 aromatic carbocycles. The van der Waals surface area contributed by atoms with Crippen molar-refractivity contribution in [2.45, 2.75) is 10.9 Å². The van der Waals surface area contributed by atoms with Gasteiger partial charge in [0.25, 0.3) is 0 Å². The van der Waals surface area contributed by atoms with Gasteiger partial charge in [0.05, 0.1) is 30.4 Å². The lowest BCUT2D eigenvalue weighted by molar-refractivity contribution is 0.412. The molecule has 0 amide bonds. The number of methoxy groups -OCH3 is 1. The number of nitrogen functional groups attached to an aromatic ring is 1. The molecule has 8 nitrogen and oxygen atoms in total. The molecule has 2 N–H and O–H groups in total. The number of nitrogens with two attached hydrogens (primary N) is 1. The first kappa shape index (κ1) is 20.7. The smallest absolute Gasteiger partial charge is 0.229 e. The summed E-state index contributed by atoms with van der Waals surface area (Å²) in [4.78, 5) is 19.4. The summed E-state index contributed by atoms with van der Waals surface area (Å²) in [7, 11) is 5.40. The van der Waals surface area contributed by atoms with Crippen molar-refractivity contribution < 1.29 is 4.74 Å². The van der Waals surface area contributed by atoms with Crippen LogP contribution >= 0.6 is 11.8 Å². The molecule has 0 aliphatic heterocycles. The first-order valence-electron chi connectivity index (χ1n) is 9.64. The van der Waals surface area contributed by atoms with E-state index in [4.69, 9.17) is 15.5 Å². The molecule has 2 aromatic heterocycles. The number of para-hydroxylation sites is 2. The number of hydrogen-bond acceptors (Lipinski definition) is 8. The van der Waals surface area contributed by atoms with Gasteiger partial charge in [0.15, 0.2) is 5.16 Å². The van der Waals surface area contributed by atoms with Crippen LogP contribution in [0.3, 0.4) is 0 Å². The highest BCUT2D eigenvalue weighted by atomic mass is 32.2. The zero-order chi connectivity index (χ0) is 21.8. The Balaban J connectivity index is 1.74. The van der Waals surface area contributed by atoms with Gasteiger partial charge in [0.1, 0.15) is 11.6 Å². The van der Waals surface area contributed by atoms with Gasteiger partial charge in [-0.2, -0.15) is 15.0 Å². The first-order valence-corrected chi connectivity index (χ1v) is 10.6. The zero-order valence-corrected chi connectivity index (χ0v) is 18.4. The van der Waals surface area contributed by atoms with Gasteiger partial charge in [-0.3, -0.25) is 4.57 Å². The Labute approximate surface area is 185 Å². The number of aromatic nitrogens is 5. The number of thioether (sulfide) groups is 1. The molecule has 2 heterocycles. The van der Waals surface area contributed by atoms with E-state index in [1.807, 2.05) is 62.8 Å². The van der Waals surface area contributed by atoms with E-state index in [1.54, 1.807) is 12.0 Å². The predicted molar refractivity (Wildman–Crippen MR) is 124 cm³/mol. The van der Waals surface area contributed by atoms with Gasteiger partial charge in [-0.1, -0.05) is 54.2 Å². The summed E-state index contributed by atoms with van der Waals surface area (Å²) in [6.07, 6.45) is 1.87. The Bertz CT molecular complexity index is 1180. The highest BCUT2D eigenvalue weighted by molar-refractivity contribution is 7.98. The molecule has 4 rings (SSSR count). The average Bonchev–Trinajstić information content (AvgIpc) is 3.21. The summed E-state index contributed by atoms with van der Waals surface area (Å²) in [5, 5.41) is 0.800. The van der Waals surface area contributed by atoms with Gasteiger partial charge in [-0.25, -0.2) is 4.98 Å². The van der Waals surface area contributed by atoms with Crippen molar-refractivity contribution in [2.24, 2.45) is 0 Å². The normalized spacial score (nSPS) is 10.8. The summed E-state index contributed by atoms with van der Waals surface area (Å²) >= 11 is 1.53. The first-order chi connectivity index (χ1) is 15.1. The third-order valence-electron chi connectivity index (χ3n) is 4.54. The minimum Gasteiger partial charge on any atom is -0.495 e. The summed E-state index contributed by atoms with van der Waals surface area (Å²) in [6.45, 7) is 0. The van der Waals surface area contributed by atoms with Gasteiger partial charge < -0.3 is 15.4 Å². The zero-order valence-electron chi connectivity index (χ0n) is 17.6. The fraction of sp³-hybridized carbons (Fsp3) is 0.182. The molecule has 158 valence electrons. The number of imidazole rings is 1. The molecule has 0 unspecified atom stereocenters. The van der Waals surface area contributed by atoms with E-state index in [9.17, 15) is 0 Å². The number of hydrogen-bond donors (Lipinski definition) is 1. The molecule has 0 atom stereocenters. The summed E-state index contributed by atoms with van der Waals surface area (Å²) in [6, 6.07) is 18.0. The predicted octanol–water partition coefficient (Wildman–Crippen LogP) is 3.67. The third kappa shape index (κ3) is 4.46. The molecule has 0 spiro atoms. The van der Waals surface area contributed by atoms with E-state index < -0.39 is 0 Å². The molecule has 0 radical (unpaired) electrons. The van der Waals surface area contributed by atoms with Crippen LogP contribution in [0.4, 0.5) is 11.9 Å². The van der Waals surface area contributed by atoms with Crippen molar-refractivity contribution in [3.8, 4) is 22.7 Å². The lowest BCUT2D eigenvalue weighted by Gasteiger charge is -2.15. The van der Waals surface area contributed by atoms with E-state index in [0.717, 1.165) is 27.9 Å². The van der Waals surface area contributed by atoms with Crippen LogP contribution in [-0.4, -0.2) is 45.7 Å².